The SMILES string of the molecule is CCC(=O)N(C)C(C)C(=O)NCCNC(=O)c1c[nH]c(/C=C2\C(=O)Nc3ccc(F)cc32)c1C. The highest BCUT2D eigenvalue weighted by Crippen LogP contribution is 2.34. The Morgan fingerprint density at radius 3 is 2.62 bits per heavy atom. The third-order valence-corrected chi connectivity index (χ3v) is 5.84. The Morgan fingerprint density at radius 1 is 1.21 bits per heavy atom. The lowest BCUT2D eigenvalue weighted by molar-refractivity contribution is -0.138. The molecule has 4 N–H and O–H groups in total. The molecule has 1 aromatic heterocycles. The number of benzene rings is 1. The molecule has 0 spiro atoms. The summed E-state index contributed by atoms with van der Waals surface area (Å²) in [5.74, 6) is -1.59. The molecule has 0 bridgehead atoms. The number of halogens is 1. The Kier molecular flexibility index (Phi) is 7.50. The molecule has 0 saturated carbocycles. The molecule has 0 saturated heterocycles. The molecule has 0 radical (unpaired) electrons. The molecule has 2 aromatic rings. The van der Waals surface area contributed by atoms with Gasteiger partial charge in [-0.15, -0.1) is 0 Å². The summed E-state index contributed by atoms with van der Waals surface area (Å²) in [5.41, 5.74) is 2.85. The Labute approximate surface area is 196 Å². The van der Waals surface area contributed by atoms with Gasteiger partial charge in [-0.3, -0.25) is 19.2 Å². The summed E-state index contributed by atoms with van der Waals surface area (Å²) < 4.78 is 13.7. The number of hydrogen-bond donors (Lipinski definition) is 4. The summed E-state index contributed by atoms with van der Waals surface area (Å²) in [6, 6.07) is 3.45. The highest BCUT2D eigenvalue weighted by Gasteiger charge is 2.25. The Balaban J connectivity index is 1.59. The van der Waals surface area contributed by atoms with E-state index in [-0.39, 0.29) is 36.7 Å². The van der Waals surface area contributed by atoms with Crippen molar-refractivity contribution in [3.63, 3.8) is 0 Å². The molecule has 9 nitrogen and oxygen atoms in total. The predicted molar refractivity (Wildman–Crippen MR) is 126 cm³/mol. The van der Waals surface area contributed by atoms with Crippen LogP contribution in [0.3, 0.4) is 0 Å². The monoisotopic (exact) mass is 469 g/mol. The van der Waals surface area contributed by atoms with Crippen LogP contribution in [0.1, 0.15) is 47.4 Å². The van der Waals surface area contributed by atoms with Crippen LogP contribution in [0.4, 0.5) is 10.1 Å². The number of aromatic amines is 1. The second-order valence-corrected chi connectivity index (χ2v) is 8.02. The van der Waals surface area contributed by atoms with Crippen molar-refractivity contribution in [3.05, 3.63) is 52.6 Å². The molecule has 4 amide bonds. The first-order valence-corrected chi connectivity index (χ1v) is 11.0. The summed E-state index contributed by atoms with van der Waals surface area (Å²) >= 11 is 0. The Hall–Kier alpha value is -3.95. The molecule has 3 rings (SSSR count). The van der Waals surface area contributed by atoms with Crippen LogP contribution < -0.4 is 16.0 Å². The average molecular weight is 470 g/mol. The smallest absolute Gasteiger partial charge is 0.256 e. The highest BCUT2D eigenvalue weighted by molar-refractivity contribution is 6.34. The number of likely N-dealkylation sites (N-methyl/N-ethyl adjacent to an activating group) is 1. The van der Waals surface area contributed by atoms with Crippen LogP contribution in [0.5, 0.6) is 0 Å². The zero-order valence-corrected chi connectivity index (χ0v) is 19.5. The van der Waals surface area contributed by atoms with Gasteiger partial charge in [-0.25, -0.2) is 4.39 Å². The topological polar surface area (TPSA) is 123 Å². The number of fused-ring (bicyclic) bond motifs is 1. The number of carbonyl (C=O) groups excluding carboxylic acids is 4. The molecule has 180 valence electrons. The molecule has 2 heterocycles. The maximum atomic E-state index is 13.7. The standard InChI is InChI=1S/C24H28FN5O4/c1-5-21(31)30(4)14(3)22(32)26-8-9-27-23(33)18-12-28-20(13(18)2)11-17-16-10-15(25)6-7-19(16)29-24(17)34/h6-7,10-12,14,28H,5,8-9H2,1-4H3,(H,26,32)(H,27,33)(H,29,34)/b17-11-. The number of H-pyrrole nitrogens is 1. The van der Waals surface area contributed by atoms with E-state index in [4.69, 9.17) is 0 Å². The first-order chi connectivity index (χ1) is 16.1. The number of hydrogen-bond acceptors (Lipinski definition) is 4. The van der Waals surface area contributed by atoms with Crippen molar-refractivity contribution in [1.82, 2.24) is 20.5 Å². The number of amides is 4. The van der Waals surface area contributed by atoms with Crippen LogP contribution in [0.25, 0.3) is 11.6 Å². The minimum absolute atomic E-state index is 0.131. The van der Waals surface area contributed by atoms with Crippen molar-refractivity contribution >= 4 is 41.0 Å². The van der Waals surface area contributed by atoms with Crippen molar-refractivity contribution in [2.24, 2.45) is 0 Å². The van der Waals surface area contributed by atoms with E-state index < -0.39 is 11.9 Å². The van der Waals surface area contributed by atoms with Crippen molar-refractivity contribution < 1.29 is 23.6 Å². The maximum Gasteiger partial charge on any atom is 0.256 e. The first-order valence-electron chi connectivity index (χ1n) is 11.0. The Morgan fingerprint density at radius 2 is 1.91 bits per heavy atom. The second-order valence-electron chi connectivity index (χ2n) is 8.02. The van der Waals surface area contributed by atoms with Crippen LogP contribution in [0, 0.1) is 12.7 Å². The van der Waals surface area contributed by atoms with E-state index in [1.54, 1.807) is 33.9 Å². The van der Waals surface area contributed by atoms with Crippen molar-refractivity contribution in [1.29, 1.82) is 0 Å². The van der Waals surface area contributed by atoms with Crippen molar-refractivity contribution in [2.75, 3.05) is 25.5 Å². The third-order valence-electron chi connectivity index (χ3n) is 5.84. The van der Waals surface area contributed by atoms with E-state index in [0.29, 0.717) is 40.1 Å². The van der Waals surface area contributed by atoms with Crippen LogP contribution in [0.15, 0.2) is 24.4 Å². The quantitative estimate of drug-likeness (QED) is 0.349. The number of nitrogens with one attached hydrogen (secondary N) is 4. The van der Waals surface area contributed by atoms with E-state index in [9.17, 15) is 23.6 Å². The van der Waals surface area contributed by atoms with Crippen molar-refractivity contribution in [3.8, 4) is 0 Å². The average Bonchev–Trinajstić information content (AvgIpc) is 3.34. The summed E-state index contributed by atoms with van der Waals surface area (Å²) in [6.45, 7) is 5.50. The molecule has 1 aliphatic heterocycles. The predicted octanol–water partition coefficient (Wildman–Crippen LogP) is 2.06. The van der Waals surface area contributed by atoms with Gasteiger partial charge in [0.2, 0.25) is 11.8 Å². The minimum Gasteiger partial charge on any atom is -0.361 e. The van der Waals surface area contributed by atoms with Gasteiger partial charge in [0.1, 0.15) is 11.9 Å². The number of anilines is 1. The van der Waals surface area contributed by atoms with Gasteiger partial charge in [0.25, 0.3) is 11.8 Å². The lowest BCUT2D eigenvalue weighted by atomic mass is 10.0. The largest absolute Gasteiger partial charge is 0.361 e. The third kappa shape index (κ3) is 5.16. The maximum absolute atomic E-state index is 13.7. The summed E-state index contributed by atoms with van der Waals surface area (Å²) in [4.78, 5) is 53.2. The molecule has 34 heavy (non-hydrogen) atoms. The van der Waals surface area contributed by atoms with Gasteiger partial charge in [0, 0.05) is 49.7 Å². The van der Waals surface area contributed by atoms with Crippen LogP contribution in [0.2, 0.25) is 0 Å². The number of nitrogens with zero attached hydrogens (tertiary/aromatic N) is 1. The van der Waals surface area contributed by atoms with E-state index in [2.05, 4.69) is 20.9 Å². The van der Waals surface area contributed by atoms with Gasteiger partial charge >= 0.3 is 0 Å². The molecule has 1 unspecified atom stereocenters. The van der Waals surface area contributed by atoms with E-state index in [1.165, 1.54) is 29.3 Å². The van der Waals surface area contributed by atoms with Crippen LogP contribution in [-0.2, 0) is 14.4 Å². The molecule has 0 fully saturated rings. The fraction of sp³-hybridized carbons (Fsp3) is 0.333. The number of rotatable bonds is 8. The van der Waals surface area contributed by atoms with Gasteiger partial charge in [-0.05, 0) is 43.7 Å². The summed E-state index contributed by atoms with van der Waals surface area (Å²) in [6.07, 6.45) is 3.43. The van der Waals surface area contributed by atoms with Crippen LogP contribution >= 0.6 is 0 Å². The van der Waals surface area contributed by atoms with E-state index in [1.807, 2.05) is 0 Å². The number of carbonyl (C=O) groups is 4. The normalized spacial score (nSPS) is 14.4. The lowest BCUT2D eigenvalue weighted by Crippen LogP contribution is -2.47. The molecule has 0 aliphatic carbocycles. The zero-order chi connectivity index (χ0) is 25.0. The van der Waals surface area contributed by atoms with Gasteiger partial charge in [-0.1, -0.05) is 6.92 Å². The van der Waals surface area contributed by atoms with Gasteiger partial charge < -0.3 is 25.8 Å². The molecule has 10 heteroatoms. The highest BCUT2D eigenvalue weighted by atomic mass is 19.1. The van der Waals surface area contributed by atoms with Gasteiger partial charge in [0.05, 0.1) is 11.1 Å². The van der Waals surface area contributed by atoms with Crippen molar-refractivity contribution in [2.45, 2.75) is 33.2 Å². The molecule has 1 atom stereocenters. The van der Waals surface area contributed by atoms with Gasteiger partial charge in [-0.2, -0.15) is 0 Å². The molecule has 1 aromatic carbocycles. The first kappa shape index (κ1) is 24.7. The zero-order valence-electron chi connectivity index (χ0n) is 19.5. The summed E-state index contributed by atoms with van der Waals surface area (Å²) in [7, 11) is 1.57. The number of aromatic nitrogens is 1. The fourth-order valence-corrected chi connectivity index (χ4v) is 3.59. The van der Waals surface area contributed by atoms with E-state index in [0.717, 1.165) is 0 Å². The minimum atomic E-state index is -0.614. The van der Waals surface area contributed by atoms with E-state index >= 15 is 0 Å². The second kappa shape index (κ2) is 10.3. The van der Waals surface area contributed by atoms with Crippen LogP contribution in [-0.4, -0.2) is 59.7 Å². The summed E-state index contributed by atoms with van der Waals surface area (Å²) in [5, 5.41) is 8.12. The fourth-order valence-electron chi connectivity index (χ4n) is 3.59. The van der Waals surface area contributed by atoms with Gasteiger partial charge in [0.15, 0.2) is 0 Å². The molecular formula is C24H28FN5O4. The molecule has 1 aliphatic rings. The lowest BCUT2D eigenvalue weighted by Gasteiger charge is -2.23. The molecular weight excluding hydrogens is 441 g/mol. The Bertz CT molecular complexity index is 1170.